The van der Waals surface area contributed by atoms with E-state index in [0.717, 1.165) is 25.1 Å². The van der Waals surface area contributed by atoms with Crippen LogP contribution in [0.15, 0.2) is 28.8 Å². The van der Waals surface area contributed by atoms with E-state index >= 15 is 0 Å². The van der Waals surface area contributed by atoms with Crippen LogP contribution in [0.5, 0.6) is 0 Å². The predicted molar refractivity (Wildman–Crippen MR) is 107 cm³/mol. The summed E-state index contributed by atoms with van der Waals surface area (Å²) in [4.78, 5) is 17.2. The zero-order valence-electron chi connectivity index (χ0n) is 17.0. The van der Waals surface area contributed by atoms with Gasteiger partial charge in [0.1, 0.15) is 17.2 Å². The third kappa shape index (κ3) is 4.70. The zero-order valence-corrected chi connectivity index (χ0v) is 17.0. The molecule has 0 bridgehead atoms. The van der Waals surface area contributed by atoms with Crippen molar-refractivity contribution in [3.05, 3.63) is 47.1 Å². The molecule has 2 heterocycles. The molecule has 0 aliphatic carbocycles. The van der Waals surface area contributed by atoms with E-state index in [1.165, 1.54) is 12.1 Å². The lowest BCUT2D eigenvalue weighted by Crippen LogP contribution is -2.46. The van der Waals surface area contributed by atoms with Crippen molar-refractivity contribution >= 4 is 11.7 Å². The van der Waals surface area contributed by atoms with E-state index in [4.69, 9.17) is 4.52 Å². The number of nitrogens with one attached hydrogen (secondary N) is 1. The Hall–Kier alpha value is -2.41. The number of carbonyl (C=O) groups excluding carboxylic acids is 1. The van der Waals surface area contributed by atoms with Gasteiger partial charge >= 0.3 is 6.03 Å². The van der Waals surface area contributed by atoms with E-state index < -0.39 is 0 Å². The summed E-state index contributed by atoms with van der Waals surface area (Å²) >= 11 is 0. The van der Waals surface area contributed by atoms with Crippen molar-refractivity contribution in [1.82, 2.24) is 15.0 Å². The number of nitrogens with zero attached hydrogens (tertiary/aromatic N) is 3. The Morgan fingerprint density at radius 3 is 2.61 bits per heavy atom. The number of rotatable bonds is 4. The SMILES string of the molecule is Cc1noc(C)c1NC(=O)N1CCCN(Cc2ccc(F)cc2)C(C(C)C)C1. The quantitative estimate of drug-likeness (QED) is 0.853. The second-order valence-corrected chi connectivity index (χ2v) is 7.84. The van der Waals surface area contributed by atoms with Crippen molar-refractivity contribution in [3.63, 3.8) is 0 Å². The summed E-state index contributed by atoms with van der Waals surface area (Å²) in [7, 11) is 0. The molecule has 152 valence electrons. The fourth-order valence-electron chi connectivity index (χ4n) is 3.75. The van der Waals surface area contributed by atoms with Crippen LogP contribution in [0.1, 0.15) is 37.3 Å². The fraction of sp³-hybridized carbons (Fsp3) is 0.524. The molecule has 7 heteroatoms. The molecule has 6 nitrogen and oxygen atoms in total. The molecular formula is C21H29FN4O2. The molecule has 0 saturated carbocycles. The Morgan fingerprint density at radius 2 is 2.00 bits per heavy atom. The van der Waals surface area contributed by atoms with E-state index in [1.54, 1.807) is 6.92 Å². The molecule has 0 spiro atoms. The second kappa shape index (κ2) is 8.73. The highest BCUT2D eigenvalue weighted by Gasteiger charge is 2.30. The Kier molecular flexibility index (Phi) is 6.34. The van der Waals surface area contributed by atoms with Crippen LogP contribution in [-0.4, -0.2) is 46.7 Å². The number of aromatic nitrogens is 1. The summed E-state index contributed by atoms with van der Waals surface area (Å²) in [5.74, 6) is 0.772. The van der Waals surface area contributed by atoms with Crippen LogP contribution < -0.4 is 5.32 Å². The number of hydrogen-bond donors (Lipinski definition) is 1. The first-order valence-corrected chi connectivity index (χ1v) is 9.82. The van der Waals surface area contributed by atoms with E-state index in [0.29, 0.717) is 36.1 Å². The Labute approximate surface area is 165 Å². The van der Waals surface area contributed by atoms with E-state index in [-0.39, 0.29) is 17.9 Å². The summed E-state index contributed by atoms with van der Waals surface area (Å²) in [5.41, 5.74) is 2.42. The number of aryl methyl sites for hydroxylation is 2. The largest absolute Gasteiger partial charge is 0.359 e. The Balaban J connectivity index is 1.71. The molecule has 1 N–H and O–H groups in total. The molecule has 1 aromatic heterocycles. The molecule has 1 aliphatic rings. The van der Waals surface area contributed by atoms with E-state index in [2.05, 4.69) is 29.2 Å². The Morgan fingerprint density at radius 1 is 1.29 bits per heavy atom. The maximum absolute atomic E-state index is 13.2. The molecule has 1 saturated heterocycles. The summed E-state index contributed by atoms with van der Waals surface area (Å²) in [6.45, 7) is 11.0. The smallest absolute Gasteiger partial charge is 0.322 e. The van der Waals surface area contributed by atoms with Gasteiger partial charge in [0.25, 0.3) is 0 Å². The maximum Gasteiger partial charge on any atom is 0.322 e. The highest BCUT2D eigenvalue weighted by atomic mass is 19.1. The van der Waals surface area contributed by atoms with Crippen LogP contribution in [-0.2, 0) is 6.54 Å². The van der Waals surface area contributed by atoms with Crippen molar-refractivity contribution in [2.75, 3.05) is 25.0 Å². The van der Waals surface area contributed by atoms with Gasteiger partial charge in [-0.1, -0.05) is 31.1 Å². The van der Waals surface area contributed by atoms with Gasteiger partial charge in [0, 0.05) is 32.2 Å². The highest BCUT2D eigenvalue weighted by Crippen LogP contribution is 2.23. The highest BCUT2D eigenvalue weighted by molar-refractivity contribution is 5.90. The zero-order chi connectivity index (χ0) is 20.3. The number of benzene rings is 1. The van der Waals surface area contributed by atoms with Crippen molar-refractivity contribution in [3.8, 4) is 0 Å². The van der Waals surface area contributed by atoms with Crippen LogP contribution in [0.3, 0.4) is 0 Å². The molecular weight excluding hydrogens is 359 g/mol. The van der Waals surface area contributed by atoms with Crippen LogP contribution in [0.4, 0.5) is 14.9 Å². The lowest BCUT2D eigenvalue weighted by atomic mass is 10.0. The van der Waals surface area contributed by atoms with Crippen molar-refractivity contribution < 1.29 is 13.7 Å². The van der Waals surface area contributed by atoms with Gasteiger partial charge in [-0.2, -0.15) is 0 Å². The van der Waals surface area contributed by atoms with Gasteiger partial charge in [0.05, 0.1) is 0 Å². The van der Waals surface area contributed by atoms with Crippen molar-refractivity contribution in [2.45, 2.75) is 46.7 Å². The average molecular weight is 388 g/mol. The average Bonchev–Trinajstić information content (AvgIpc) is 2.85. The minimum atomic E-state index is -0.220. The van der Waals surface area contributed by atoms with Crippen LogP contribution >= 0.6 is 0 Å². The fourth-order valence-corrected chi connectivity index (χ4v) is 3.75. The minimum Gasteiger partial charge on any atom is -0.359 e. The number of anilines is 1. The van der Waals surface area contributed by atoms with Gasteiger partial charge in [-0.15, -0.1) is 0 Å². The molecule has 3 rings (SSSR count). The van der Waals surface area contributed by atoms with Gasteiger partial charge in [-0.3, -0.25) is 4.90 Å². The topological polar surface area (TPSA) is 61.6 Å². The summed E-state index contributed by atoms with van der Waals surface area (Å²) in [5, 5.41) is 6.85. The normalized spacial score (nSPS) is 18.4. The maximum atomic E-state index is 13.2. The van der Waals surface area contributed by atoms with Crippen LogP contribution in [0.25, 0.3) is 0 Å². The van der Waals surface area contributed by atoms with Gasteiger partial charge in [-0.25, -0.2) is 9.18 Å². The van der Waals surface area contributed by atoms with E-state index in [9.17, 15) is 9.18 Å². The molecule has 1 aliphatic heterocycles. The van der Waals surface area contributed by atoms with Crippen molar-refractivity contribution in [1.29, 1.82) is 0 Å². The number of amides is 2. The number of carbonyl (C=O) groups is 1. The van der Waals surface area contributed by atoms with Crippen LogP contribution in [0.2, 0.25) is 0 Å². The van der Waals surface area contributed by atoms with Crippen molar-refractivity contribution in [2.24, 2.45) is 5.92 Å². The molecule has 1 atom stereocenters. The number of hydrogen-bond acceptors (Lipinski definition) is 4. The molecule has 2 amide bonds. The lowest BCUT2D eigenvalue weighted by Gasteiger charge is -2.34. The minimum absolute atomic E-state index is 0.122. The number of urea groups is 1. The third-order valence-electron chi connectivity index (χ3n) is 5.37. The van der Waals surface area contributed by atoms with Gasteiger partial charge in [0.15, 0.2) is 5.76 Å². The van der Waals surface area contributed by atoms with Crippen LogP contribution in [0, 0.1) is 25.6 Å². The summed E-state index contributed by atoms with van der Waals surface area (Å²) in [6.07, 6.45) is 0.888. The molecule has 1 unspecified atom stereocenters. The van der Waals surface area contributed by atoms with E-state index in [1.807, 2.05) is 24.0 Å². The standard InChI is InChI=1S/C21H29FN4O2/c1-14(2)19-13-26(21(27)23-20-15(3)24-28-16(20)4)11-5-10-25(19)12-17-6-8-18(22)9-7-17/h6-9,14,19H,5,10-13H2,1-4H3,(H,23,27). The second-order valence-electron chi connectivity index (χ2n) is 7.84. The number of halogens is 1. The molecule has 0 radical (unpaired) electrons. The predicted octanol–water partition coefficient (Wildman–Crippen LogP) is 4.19. The molecule has 1 aromatic carbocycles. The Bertz CT molecular complexity index is 784. The molecule has 28 heavy (non-hydrogen) atoms. The monoisotopic (exact) mass is 388 g/mol. The lowest BCUT2D eigenvalue weighted by molar-refractivity contribution is 0.138. The first kappa shape index (κ1) is 20.3. The summed E-state index contributed by atoms with van der Waals surface area (Å²) in [6, 6.07) is 6.77. The van der Waals surface area contributed by atoms with Gasteiger partial charge in [-0.05, 0) is 43.9 Å². The van der Waals surface area contributed by atoms with Gasteiger partial charge < -0.3 is 14.7 Å². The first-order chi connectivity index (χ1) is 13.3. The third-order valence-corrected chi connectivity index (χ3v) is 5.37. The molecule has 1 fully saturated rings. The molecule has 2 aromatic rings. The summed E-state index contributed by atoms with van der Waals surface area (Å²) < 4.78 is 18.4. The van der Waals surface area contributed by atoms with Gasteiger partial charge in [0.2, 0.25) is 0 Å². The first-order valence-electron chi connectivity index (χ1n) is 9.82.